The van der Waals surface area contributed by atoms with E-state index >= 15 is 0 Å². The number of hydrogen-bond donors (Lipinski definition) is 2. The summed E-state index contributed by atoms with van der Waals surface area (Å²) in [5, 5.41) is 12.3. The van der Waals surface area contributed by atoms with Crippen LogP contribution in [0.5, 0.6) is 5.75 Å². The molecular weight excluding hydrogens is 278 g/mol. The fraction of sp³-hybridized carbons (Fsp3) is 0.647. The van der Waals surface area contributed by atoms with Crippen molar-refractivity contribution in [3.63, 3.8) is 0 Å². The molecule has 0 unspecified atom stereocenters. The zero-order valence-electron chi connectivity index (χ0n) is 13.1. The van der Waals surface area contributed by atoms with Gasteiger partial charge in [-0.3, -0.25) is 9.69 Å². The van der Waals surface area contributed by atoms with Gasteiger partial charge in [0.2, 0.25) is 0 Å². The molecule has 1 aromatic rings. The van der Waals surface area contributed by atoms with E-state index < -0.39 is 0 Å². The Bertz CT molecular complexity index is 503. The minimum atomic E-state index is -0.150. The Kier molecular flexibility index (Phi) is 4.62. The molecule has 0 atom stereocenters. The molecular formula is C17H25N3O2. The average molecular weight is 303 g/mol. The Morgan fingerprint density at radius 2 is 1.91 bits per heavy atom. The third-order valence-electron chi connectivity index (χ3n) is 5.12. The van der Waals surface area contributed by atoms with E-state index in [1.54, 1.807) is 6.07 Å². The lowest BCUT2D eigenvalue weighted by Gasteiger charge is -2.43. The van der Waals surface area contributed by atoms with Gasteiger partial charge >= 0.3 is 0 Å². The van der Waals surface area contributed by atoms with Gasteiger partial charge in [0.1, 0.15) is 11.4 Å². The lowest BCUT2D eigenvalue weighted by atomic mass is 9.92. The molecule has 5 nitrogen and oxygen atoms in total. The van der Waals surface area contributed by atoms with Crippen LogP contribution in [0.2, 0.25) is 0 Å². The van der Waals surface area contributed by atoms with Gasteiger partial charge < -0.3 is 10.4 Å². The molecule has 1 saturated carbocycles. The first-order chi connectivity index (χ1) is 10.7. The Morgan fingerprint density at radius 3 is 2.55 bits per heavy atom. The van der Waals surface area contributed by atoms with Crippen LogP contribution in [0.3, 0.4) is 0 Å². The average Bonchev–Trinajstić information content (AvgIpc) is 3.04. The second-order valence-corrected chi connectivity index (χ2v) is 6.56. The third kappa shape index (κ3) is 3.24. The molecule has 120 valence electrons. The monoisotopic (exact) mass is 303 g/mol. The molecule has 2 N–H and O–H groups in total. The van der Waals surface area contributed by atoms with Crippen LogP contribution < -0.4 is 5.32 Å². The van der Waals surface area contributed by atoms with E-state index in [4.69, 9.17) is 0 Å². The van der Waals surface area contributed by atoms with E-state index in [2.05, 4.69) is 15.2 Å². The Balaban J connectivity index is 1.64. The Morgan fingerprint density at radius 1 is 1.18 bits per heavy atom. The number of piperidine rings is 1. The summed E-state index contributed by atoms with van der Waals surface area (Å²) in [6, 6.07) is 3.06. The molecule has 1 aromatic heterocycles. The molecule has 0 radical (unpaired) electrons. The van der Waals surface area contributed by atoms with Crippen LogP contribution >= 0.6 is 0 Å². The van der Waals surface area contributed by atoms with Crippen molar-refractivity contribution < 1.29 is 9.90 Å². The van der Waals surface area contributed by atoms with Gasteiger partial charge in [0.25, 0.3) is 5.91 Å². The maximum Gasteiger partial charge on any atom is 0.269 e. The van der Waals surface area contributed by atoms with Crippen LogP contribution in [-0.2, 0) is 0 Å². The van der Waals surface area contributed by atoms with Gasteiger partial charge in [0, 0.05) is 12.1 Å². The van der Waals surface area contributed by atoms with Crippen molar-refractivity contribution in [3.05, 3.63) is 24.0 Å². The predicted octanol–water partition coefficient (Wildman–Crippen LogP) is 2.32. The number of likely N-dealkylation sites (tertiary alicyclic amines) is 1. The SMILES string of the molecule is O=C(NCC1(N2CCCCC2)CCCC1)c1ccc(O)cn1. The number of carbonyl (C=O) groups excluding carboxylic acids is 1. The normalized spacial score (nSPS) is 21.6. The summed E-state index contributed by atoms with van der Waals surface area (Å²) in [5.41, 5.74) is 0.511. The van der Waals surface area contributed by atoms with Crippen LogP contribution in [0, 0.1) is 0 Å². The van der Waals surface area contributed by atoms with Crippen LogP contribution in [-0.4, -0.2) is 46.1 Å². The number of hydrogen-bond acceptors (Lipinski definition) is 4. The number of amides is 1. The van der Waals surface area contributed by atoms with Crippen LogP contribution in [0.4, 0.5) is 0 Å². The molecule has 0 bridgehead atoms. The van der Waals surface area contributed by atoms with Gasteiger partial charge in [-0.2, -0.15) is 0 Å². The maximum atomic E-state index is 12.3. The second-order valence-electron chi connectivity index (χ2n) is 6.56. The maximum absolute atomic E-state index is 12.3. The first-order valence-electron chi connectivity index (χ1n) is 8.38. The van der Waals surface area contributed by atoms with Gasteiger partial charge in [0.15, 0.2) is 0 Å². The van der Waals surface area contributed by atoms with Crippen molar-refractivity contribution in [1.29, 1.82) is 0 Å². The highest BCUT2D eigenvalue weighted by atomic mass is 16.3. The first-order valence-corrected chi connectivity index (χ1v) is 8.38. The van der Waals surface area contributed by atoms with Gasteiger partial charge in [-0.15, -0.1) is 0 Å². The quantitative estimate of drug-likeness (QED) is 0.896. The molecule has 0 spiro atoms. The van der Waals surface area contributed by atoms with Crippen molar-refractivity contribution in [1.82, 2.24) is 15.2 Å². The fourth-order valence-corrected chi connectivity index (χ4v) is 3.86. The molecule has 1 aliphatic heterocycles. The van der Waals surface area contributed by atoms with Crippen molar-refractivity contribution in [2.75, 3.05) is 19.6 Å². The van der Waals surface area contributed by atoms with Crippen LogP contribution in [0.1, 0.15) is 55.4 Å². The van der Waals surface area contributed by atoms with Crippen LogP contribution in [0.25, 0.3) is 0 Å². The second kappa shape index (κ2) is 6.65. The third-order valence-corrected chi connectivity index (χ3v) is 5.12. The molecule has 22 heavy (non-hydrogen) atoms. The number of nitrogens with zero attached hydrogens (tertiary/aromatic N) is 2. The lowest BCUT2D eigenvalue weighted by molar-refractivity contribution is 0.0641. The van der Waals surface area contributed by atoms with Crippen molar-refractivity contribution in [2.45, 2.75) is 50.5 Å². The number of pyridine rings is 1. The molecule has 2 heterocycles. The zero-order chi connectivity index (χ0) is 15.4. The molecule has 0 aromatic carbocycles. The van der Waals surface area contributed by atoms with Crippen molar-refractivity contribution in [2.24, 2.45) is 0 Å². The number of aromatic hydroxyl groups is 1. The highest BCUT2D eigenvalue weighted by molar-refractivity contribution is 5.92. The highest BCUT2D eigenvalue weighted by Crippen LogP contribution is 2.36. The van der Waals surface area contributed by atoms with Crippen LogP contribution in [0.15, 0.2) is 18.3 Å². The first kappa shape index (κ1) is 15.3. The van der Waals surface area contributed by atoms with E-state index in [9.17, 15) is 9.90 Å². The molecule has 1 aliphatic carbocycles. The fourth-order valence-electron chi connectivity index (χ4n) is 3.86. The predicted molar refractivity (Wildman–Crippen MR) is 84.9 cm³/mol. The van der Waals surface area contributed by atoms with Gasteiger partial charge in [-0.25, -0.2) is 4.98 Å². The Labute approximate surface area is 131 Å². The number of carbonyl (C=O) groups is 1. The zero-order valence-corrected chi connectivity index (χ0v) is 13.1. The molecule has 1 amide bonds. The summed E-state index contributed by atoms with van der Waals surface area (Å²) >= 11 is 0. The highest BCUT2D eigenvalue weighted by Gasteiger charge is 2.40. The van der Waals surface area contributed by atoms with Gasteiger partial charge in [-0.05, 0) is 50.9 Å². The van der Waals surface area contributed by atoms with E-state index in [0.29, 0.717) is 12.2 Å². The molecule has 1 saturated heterocycles. The molecule has 2 fully saturated rings. The molecule has 5 heteroatoms. The van der Waals surface area contributed by atoms with Gasteiger partial charge in [0.05, 0.1) is 6.20 Å². The minimum Gasteiger partial charge on any atom is -0.506 e. The van der Waals surface area contributed by atoms with E-state index in [0.717, 1.165) is 13.1 Å². The van der Waals surface area contributed by atoms with E-state index in [1.807, 2.05) is 0 Å². The Hall–Kier alpha value is -1.62. The lowest BCUT2D eigenvalue weighted by Crippen LogP contribution is -2.55. The van der Waals surface area contributed by atoms with E-state index in [-0.39, 0.29) is 17.2 Å². The standard InChI is InChI=1S/C17H25N3O2/c21-14-6-7-15(18-12-14)16(22)19-13-17(8-2-3-9-17)20-10-4-1-5-11-20/h6-7,12,21H,1-5,8-11,13H2,(H,19,22). The van der Waals surface area contributed by atoms with Crippen molar-refractivity contribution in [3.8, 4) is 5.75 Å². The number of aromatic nitrogens is 1. The summed E-state index contributed by atoms with van der Waals surface area (Å²) in [5.74, 6) is -0.0691. The largest absolute Gasteiger partial charge is 0.506 e. The summed E-state index contributed by atoms with van der Waals surface area (Å²) in [6.45, 7) is 3.02. The smallest absolute Gasteiger partial charge is 0.269 e. The number of rotatable bonds is 4. The topological polar surface area (TPSA) is 65.5 Å². The van der Waals surface area contributed by atoms with Crippen molar-refractivity contribution >= 4 is 5.91 Å². The summed E-state index contributed by atoms with van der Waals surface area (Å²) in [4.78, 5) is 18.9. The molecule has 3 rings (SSSR count). The summed E-state index contributed by atoms with van der Waals surface area (Å²) < 4.78 is 0. The summed E-state index contributed by atoms with van der Waals surface area (Å²) in [7, 11) is 0. The summed E-state index contributed by atoms with van der Waals surface area (Å²) in [6.07, 6.45) is 10.0. The number of nitrogens with one attached hydrogen (secondary N) is 1. The molecule has 2 aliphatic rings. The van der Waals surface area contributed by atoms with Gasteiger partial charge in [-0.1, -0.05) is 19.3 Å². The van der Waals surface area contributed by atoms with E-state index in [1.165, 1.54) is 57.2 Å². The minimum absolute atomic E-state index is 0.0807.